The number of carboxylic acid groups (broad SMARTS) is 1. The molecule has 90 valence electrons. The molecule has 0 saturated heterocycles. The smallest absolute Gasteiger partial charge is 0.332 e. The van der Waals surface area contributed by atoms with Gasteiger partial charge in [-0.25, -0.2) is 4.79 Å². The van der Waals surface area contributed by atoms with Crippen LogP contribution in [0.5, 0.6) is 0 Å². The maximum absolute atomic E-state index is 10.6. The van der Waals surface area contributed by atoms with Crippen LogP contribution in [-0.4, -0.2) is 17.7 Å². The SMILES string of the molecule is CCOC(=C/C(=O)O)/C=C(\C)c1ccccc1. The van der Waals surface area contributed by atoms with E-state index in [1.54, 1.807) is 6.08 Å². The minimum atomic E-state index is -1.01. The van der Waals surface area contributed by atoms with Crippen molar-refractivity contribution in [2.75, 3.05) is 6.61 Å². The van der Waals surface area contributed by atoms with Gasteiger partial charge in [-0.05, 0) is 31.1 Å². The lowest BCUT2D eigenvalue weighted by molar-refractivity contribution is -0.131. The second-order valence-electron chi connectivity index (χ2n) is 3.51. The maximum atomic E-state index is 10.6. The minimum absolute atomic E-state index is 0.362. The van der Waals surface area contributed by atoms with Crippen LogP contribution in [-0.2, 0) is 9.53 Å². The molecule has 17 heavy (non-hydrogen) atoms. The number of benzene rings is 1. The Bertz CT molecular complexity index is 430. The Morgan fingerprint density at radius 3 is 2.47 bits per heavy atom. The van der Waals surface area contributed by atoms with E-state index in [1.165, 1.54) is 0 Å². The molecule has 1 rings (SSSR count). The van der Waals surface area contributed by atoms with E-state index in [-0.39, 0.29) is 0 Å². The zero-order valence-electron chi connectivity index (χ0n) is 10.0. The van der Waals surface area contributed by atoms with Crippen molar-refractivity contribution in [1.82, 2.24) is 0 Å². The van der Waals surface area contributed by atoms with E-state index in [4.69, 9.17) is 9.84 Å². The topological polar surface area (TPSA) is 46.5 Å². The Balaban J connectivity index is 2.95. The molecule has 0 atom stereocenters. The Morgan fingerprint density at radius 2 is 1.94 bits per heavy atom. The third-order valence-electron chi connectivity index (χ3n) is 2.16. The molecule has 0 unspecified atom stereocenters. The summed E-state index contributed by atoms with van der Waals surface area (Å²) in [5.41, 5.74) is 2.01. The van der Waals surface area contributed by atoms with Crippen LogP contribution in [0.3, 0.4) is 0 Å². The van der Waals surface area contributed by atoms with E-state index < -0.39 is 5.97 Å². The summed E-state index contributed by atoms with van der Waals surface area (Å²) < 4.78 is 5.25. The van der Waals surface area contributed by atoms with Gasteiger partial charge >= 0.3 is 5.97 Å². The Morgan fingerprint density at radius 1 is 1.29 bits per heavy atom. The standard InChI is InChI=1S/C14H16O3/c1-3-17-13(10-14(15)16)9-11(2)12-7-5-4-6-8-12/h4-10H,3H2,1-2H3,(H,15,16)/b11-9+,13-10+. The highest BCUT2D eigenvalue weighted by atomic mass is 16.5. The van der Waals surface area contributed by atoms with Gasteiger partial charge in [-0.2, -0.15) is 0 Å². The number of hydrogen-bond acceptors (Lipinski definition) is 2. The Kier molecular flexibility index (Phi) is 5.01. The lowest BCUT2D eigenvalue weighted by Crippen LogP contribution is -1.96. The number of carboxylic acids is 1. The Labute approximate surface area is 101 Å². The molecule has 3 nitrogen and oxygen atoms in total. The average molecular weight is 232 g/mol. The number of allylic oxidation sites excluding steroid dienone is 2. The quantitative estimate of drug-likeness (QED) is 0.482. The van der Waals surface area contributed by atoms with Crippen molar-refractivity contribution in [2.24, 2.45) is 0 Å². The highest BCUT2D eigenvalue weighted by Crippen LogP contribution is 2.16. The molecular formula is C14H16O3. The summed E-state index contributed by atoms with van der Waals surface area (Å²) in [5.74, 6) is -0.646. The van der Waals surface area contributed by atoms with E-state index in [2.05, 4.69) is 0 Å². The first-order valence-corrected chi connectivity index (χ1v) is 5.44. The molecule has 0 heterocycles. The van der Waals surface area contributed by atoms with Gasteiger partial charge in [0.1, 0.15) is 5.76 Å². The molecule has 0 radical (unpaired) electrons. The molecule has 0 bridgehead atoms. The number of aliphatic carboxylic acids is 1. The highest BCUT2D eigenvalue weighted by molar-refractivity contribution is 5.81. The van der Waals surface area contributed by atoms with E-state index >= 15 is 0 Å². The molecule has 1 aromatic rings. The molecule has 0 aliphatic rings. The van der Waals surface area contributed by atoms with Gasteiger partial charge in [0.25, 0.3) is 0 Å². The zero-order valence-corrected chi connectivity index (χ0v) is 10.0. The van der Waals surface area contributed by atoms with Crippen LogP contribution < -0.4 is 0 Å². The molecule has 0 aromatic heterocycles. The summed E-state index contributed by atoms with van der Waals surface area (Å²) in [5, 5.41) is 8.71. The van der Waals surface area contributed by atoms with Crippen molar-refractivity contribution >= 4 is 11.5 Å². The molecular weight excluding hydrogens is 216 g/mol. The summed E-state index contributed by atoms with van der Waals surface area (Å²) in [6.07, 6.45) is 2.79. The van der Waals surface area contributed by atoms with Gasteiger partial charge < -0.3 is 9.84 Å². The average Bonchev–Trinajstić information content (AvgIpc) is 2.29. The van der Waals surface area contributed by atoms with Crippen LogP contribution in [0.1, 0.15) is 19.4 Å². The van der Waals surface area contributed by atoms with Crippen molar-refractivity contribution in [3.8, 4) is 0 Å². The normalized spacial score (nSPS) is 12.4. The first kappa shape index (κ1) is 13.0. The molecule has 0 fully saturated rings. The monoisotopic (exact) mass is 232 g/mol. The largest absolute Gasteiger partial charge is 0.494 e. The van der Waals surface area contributed by atoms with Crippen LogP contribution in [0.2, 0.25) is 0 Å². The van der Waals surface area contributed by atoms with Crippen LogP contribution in [0.15, 0.2) is 48.2 Å². The lowest BCUT2D eigenvalue weighted by Gasteiger charge is -2.05. The van der Waals surface area contributed by atoms with Crippen molar-refractivity contribution < 1.29 is 14.6 Å². The van der Waals surface area contributed by atoms with E-state index in [1.807, 2.05) is 44.2 Å². The number of ether oxygens (including phenoxy) is 1. The third-order valence-corrected chi connectivity index (χ3v) is 2.16. The summed E-state index contributed by atoms with van der Waals surface area (Å²) in [6, 6.07) is 9.75. The summed E-state index contributed by atoms with van der Waals surface area (Å²) >= 11 is 0. The van der Waals surface area contributed by atoms with Crippen LogP contribution >= 0.6 is 0 Å². The molecule has 0 spiro atoms. The summed E-state index contributed by atoms with van der Waals surface area (Å²) in [7, 11) is 0. The molecule has 1 N–H and O–H groups in total. The molecule has 3 heteroatoms. The van der Waals surface area contributed by atoms with Crippen molar-refractivity contribution in [3.63, 3.8) is 0 Å². The second kappa shape index (κ2) is 6.53. The molecule has 1 aromatic carbocycles. The van der Waals surface area contributed by atoms with Gasteiger partial charge in [0.2, 0.25) is 0 Å². The van der Waals surface area contributed by atoms with E-state index in [0.29, 0.717) is 12.4 Å². The fourth-order valence-electron chi connectivity index (χ4n) is 1.41. The molecule has 0 aliphatic heterocycles. The van der Waals surface area contributed by atoms with E-state index in [0.717, 1.165) is 17.2 Å². The Hall–Kier alpha value is -2.03. The predicted octanol–water partition coefficient (Wildman–Crippen LogP) is 3.09. The van der Waals surface area contributed by atoms with Gasteiger partial charge in [-0.1, -0.05) is 30.3 Å². The first-order chi connectivity index (χ1) is 8.13. The molecule has 0 aliphatic carbocycles. The van der Waals surface area contributed by atoms with Gasteiger partial charge in [0.15, 0.2) is 0 Å². The number of rotatable bonds is 5. The van der Waals surface area contributed by atoms with Gasteiger partial charge in [-0.15, -0.1) is 0 Å². The van der Waals surface area contributed by atoms with E-state index in [9.17, 15) is 4.79 Å². The number of carbonyl (C=O) groups is 1. The van der Waals surface area contributed by atoms with Crippen LogP contribution in [0.25, 0.3) is 5.57 Å². The van der Waals surface area contributed by atoms with Crippen molar-refractivity contribution in [1.29, 1.82) is 0 Å². The number of hydrogen-bond donors (Lipinski definition) is 1. The van der Waals surface area contributed by atoms with Crippen molar-refractivity contribution in [2.45, 2.75) is 13.8 Å². The fourth-order valence-corrected chi connectivity index (χ4v) is 1.41. The van der Waals surface area contributed by atoms with Crippen molar-refractivity contribution in [3.05, 3.63) is 53.8 Å². The third kappa shape index (κ3) is 4.55. The fraction of sp³-hybridized carbons (Fsp3) is 0.214. The van der Waals surface area contributed by atoms with Crippen LogP contribution in [0.4, 0.5) is 0 Å². The van der Waals surface area contributed by atoms with Gasteiger partial charge in [0.05, 0.1) is 12.7 Å². The zero-order chi connectivity index (χ0) is 12.7. The minimum Gasteiger partial charge on any atom is -0.494 e. The summed E-state index contributed by atoms with van der Waals surface area (Å²) in [6.45, 7) is 4.18. The predicted molar refractivity (Wildman–Crippen MR) is 67.4 cm³/mol. The maximum Gasteiger partial charge on any atom is 0.332 e. The highest BCUT2D eigenvalue weighted by Gasteiger charge is 2.00. The molecule has 0 saturated carbocycles. The lowest BCUT2D eigenvalue weighted by atomic mass is 10.1. The summed E-state index contributed by atoms with van der Waals surface area (Å²) in [4.78, 5) is 10.6. The van der Waals surface area contributed by atoms with Gasteiger partial charge in [-0.3, -0.25) is 0 Å². The molecule has 0 amide bonds. The second-order valence-corrected chi connectivity index (χ2v) is 3.51. The first-order valence-electron chi connectivity index (χ1n) is 5.44. The van der Waals surface area contributed by atoms with Crippen LogP contribution in [0, 0.1) is 0 Å². The van der Waals surface area contributed by atoms with Gasteiger partial charge in [0, 0.05) is 0 Å².